The molecule has 32 heavy (non-hydrogen) atoms. The van der Waals surface area contributed by atoms with Crippen molar-refractivity contribution in [3.63, 3.8) is 0 Å². The number of benzene rings is 1. The van der Waals surface area contributed by atoms with Gasteiger partial charge < -0.3 is 20.4 Å². The van der Waals surface area contributed by atoms with Gasteiger partial charge in [-0.05, 0) is 37.5 Å². The van der Waals surface area contributed by atoms with Crippen molar-refractivity contribution >= 4 is 29.0 Å². The molecular formula is C23H27F2N5O2. The van der Waals surface area contributed by atoms with Gasteiger partial charge in [0.15, 0.2) is 11.6 Å². The number of fused-ring (bicyclic) bond motifs is 1. The van der Waals surface area contributed by atoms with E-state index in [1.165, 1.54) is 6.07 Å². The van der Waals surface area contributed by atoms with E-state index in [0.29, 0.717) is 36.7 Å². The summed E-state index contributed by atoms with van der Waals surface area (Å²) in [5, 5.41) is 6.36. The number of anilines is 3. The molecule has 9 heteroatoms. The maximum atomic E-state index is 13.5. The van der Waals surface area contributed by atoms with Crippen molar-refractivity contribution in [2.24, 2.45) is 5.92 Å². The van der Waals surface area contributed by atoms with Crippen molar-refractivity contribution in [2.75, 3.05) is 35.7 Å². The number of amides is 2. The molecule has 7 nitrogen and oxygen atoms in total. The first kappa shape index (κ1) is 22.0. The largest absolute Gasteiger partial charge is 0.365 e. The monoisotopic (exact) mass is 443 g/mol. The third-order valence-corrected chi connectivity index (χ3v) is 6.12. The Labute approximate surface area is 185 Å². The Morgan fingerprint density at radius 1 is 1.25 bits per heavy atom. The molecule has 0 unspecified atom stereocenters. The summed E-state index contributed by atoms with van der Waals surface area (Å²) in [5.41, 5.74) is 2.44. The molecule has 1 aromatic heterocycles. The second kappa shape index (κ2) is 8.37. The Kier molecular flexibility index (Phi) is 5.75. The number of likely N-dealkylation sites (tertiary alicyclic amines) is 1. The highest BCUT2D eigenvalue weighted by Gasteiger charge is 2.35. The summed E-state index contributed by atoms with van der Waals surface area (Å²) >= 11 is 0. The van der Waals surface area contributed by atoms with Crippen LogP contribution in [-0.4, -0.2) is 53.9 Å². The number of aryl methyl sites for hydroxylation is 1. The fraction of sp³-hybridized carbons (Fsp3) is 0.435. The lowest BCUT2D eigenvalue weighted by atomic mass is 9.98. The summed E-state index contributed by atoms with van der Waals surface area (Å²) in [6.07, 6.45) is 0.703. The van der Waals surface area contributed by atoms with Crippen LogP contribution < -0.4 is 15.5 Å². The van der Waals surface area contributed by atoms with Crippen LogP contribution in [-0.2, 0) is 4.79 Å². The number of rotatable bonds is 4. The van der Waals surface area contributed by atoms with Crippen LogP contribution in [0.15, 0.2) is 24.3 Å². The summed E-state index contributed by atoms with van der Waals surface area (Å²) in [7, 11) is 1.91. The molecule has 0 saturated carbocycles. The highest BCUT2D eigenvalue weighted by atomic mass is 19.2. The zero-order chi connectivity index (χ0) is 23.2. The van der Waals surface area contributed by atoms with E-state index in [4.69, 9.17) is 0 Å². The number of nitrogens with zero attached hydrogens (tertiary/aromatic N) is 3. The van der Waals surface area contributed by atoms with Gasteiger partial charge >= 0.3 is 0 Å². The van der Waals surface area contributed by atoms with Crippen LogP contribution in [0.2, 0.25) is 0 Å². The fourth-order valence-corrected chi connectivity index (χ4v) is 4.52. The summed E-state index contributed by atoms with van der Waals surface area (Å²) in [4.78, 5) is 33.4. The molecule has 2 aliphatic rings. The molecule has 2 amide bonds. The molecule has 2 aromatic rings. The van der Waals surface area contributed by atoms with Gasteiger partial charge in [0.05, 0.1) is 17.1 Å². The summed E-state index contributed by atoms with van der Waals surface area (Å²) in [5.74, 6) is -1.57. The molecule has 3 heterocycles. The van der Waals surface area contributed by atoms with Crippen molar-refractivity contribution < 1.29 is 18.4 Å². The van der Waals surface area contributed by atoms with Crippen molar-refractivity contribution in [2.45, 2.75) is 39.3 Å². The van der Waals surface area contributed by atoms with Crippen molar-refractivity contribution in [1.82, 2.24) is 9.88 Å². The Morgan fingerprint density at radius 2 is 2.00 bits per heavy atom. The van der Waals surface area contributed by atoms with E-state index in [0.717, 1.165) is 17.8 Å². The number of carbonyl (C=O) groups excluding carboxylic acids is 2. The quantitative estimate of drug-likeness (QED) is 0.757. The molecule has 4 rings (SSSR count). The maximum absolute atomic E-state index is 13.5. The number of hydrogen-bond donors (Lipinski definition) is 2. The maximum Gasteiger partial charge on any atom is 0.254 e. The Bertz CT molecular complexity index is 1070. The van der Waals surface area contributed by atoms with Crippen LogP contribution >= 0.6 is 0 Å². The molecule has 0 spiro atoms. The van der Waals surface area contributed by atoms with Crippen LogP contribution in [0, 0.1) is 24.5 Å². The van der Waals surface area contributed by atoms with Gasteiger partial charge in [0.1, 0.15) is 11.9 Å². The number of nitrogens with one attached hydrogen (secondary N) is 2. The molecule has 1 aromatic carbocycles. The van der Waals surface area contributed by atoms with E-state index >= 15 is 0 Å². The second-order valence-corrected chi connectivity index (χ2v) is 8.79. The third kappa shape index (κ3) is 3.99. The zero-order valence-electron chi connectivity index (χ0n) is 18.6. The number of aromatic nitrogens is 1. The highest BCUT2D eigenvalue weighted by molar-refractivity contribution is 6.04. The summed E-state index contributed by atoms with van der Waals surface area (Å²) in [6, 6.07) is 4.81. The molecule has 0 radical (unpaired) electrons. The lowest BCUT2D eigenvalue weighted by Crippen LogP contribution is -2.49. The molecule has 2 N–H and O–H groups in total. The van der Waals surface area contributed by atoms with Gasteiger partial charge in [-0.15, -0.1) is 0 Å². The SMILES string of the molecule is Cc1nc(N[C@@H]2CCN(C(=O)c3ccc(F)c(F)c3)C2)cc2c1NC(=O)[C@H](C(C)C)N2C. The van der Waals surface area contributed by atoms with Crippen LogP contribution in [0.4, 0.5) is 26.0 Å². The van der Waals surface area contributed by atoms with Gasteiger partial charge in [0, 0.05) is 37.8 Å². The molecule has 1 fully saturated rings. The van der Waals surface area contributed by atoms with Crippen LogP contribution in [0.1, 0.15) is 36.3 Å². The first-order chi connectivity index (χ1) is 15.2. The van der Waals surface area contributed by atoms with E-state index in [-0.39, 0.29) is 35.4 Å². The summed E-state index contributed by atoms with van der Waals surface area (Å²) in [6.45, 7) is 6.80. The molecule has 0 bridgehead atoms. The smallest absolute Gasteiger partial charge is 0.254 e. The first-order valence-electron chi connectivity index (χ1n) is 10.7. The topological polar surface area (TPSA) is 77.6 Å². The molecule has 2 atom stereocenters. The van der Waals surface area contributed by atoms with E-state index < -0.39 is 11.6 Å². The predicted molar refractivity (Wildman–Crippen MR) is 119 cm³/mol. The second-order valence-electron chi connectivity index (χ2n) is 8.79. The van der Waals surface area contributed by atoms with E-state index in [2.05, 4.69) is 15.6 Å². The van der Waals surface area contributed by atoms with E-state index in [1.807, 2.05) is 38.8 Å². The van der Waals surface area contributed by atoms with Gasteiger partial charge in [0.25, 0.3) is 5.91 Å². The number of pyridine rings is 1. The zero-order valence-corrected chi connectivity index (χ0v) is 18.6. The van der Waals surface area contributed by atoms with Gasteiger partial charge in [-0.1, -0.05) is 13.8 Å². The average molecular weight is 443 g/mol. The van der Waals surface area contributed by atoms with Crippen LogP contribution in [0.3, 0.4) is 0 Å². The van der Waals surface area contributed by atoms with E-state index in [9.17, 15) is 18.4 Å². The molecular weight excluding hydrogens is 416 g/mol. The number of likely N-dealkylation sites (N-methyl/N-ethyl adjacent to an activating group) is 1. The first-order valence-corrected chi connectivity index (χ1v) is 10.7. The summed E-state index contributed by atoms with van der Waals surface area (Å²) < 4.78 is 26.7. The fourth-order valence-electron chi connectivity index (χ4n) is 4.52. The van der Waals surface area contributed by atoms with Crippen LogP contribution in [0.5, 0.6) is 0 Å². The minimum atomic E-state index is -1.03. The van der Waals surface area contributed by atoms with Crippen molar-refractivity contribution in [1.29, 1.82) is 0 Å². The lowest BCUT2D eigenvalue weighted by molar-refractivity contribution is -0.118. The van der Waals surface area contributed by atoms with Gasteiger partial charge in [-0.2, -0.15) is 0 Å². The molecule has 2 aliphatic heterocycles. The van der Waals surface area contributed by atoms with Crippen LogP contribution in [0.25, 0.3) is 0 Å². The Hall–Kier alpha value is -3.23. The van der Waals surface area contributed by atoms with Crippen molar-refractivity contribution in [3.05, 3.63) is 47.2 Å². The number of carbonyl (C=O) groups is 2. The average Bonchev–Trinajstić information content (AvgIpc) is 3.18. The molecule has 0 aliphatic carbocycles. The third-order valence-electron chi connectivity index (χ3n) is 6.12. The predicted octanol–water partition coefficient (Wildman–Crippen LogP) is 3.41. The standard InChI is InChI=1S/C23H27F2N5O2/c1-12(2)21-22(31)28-20-13(3)26-19(10-18(20)29(21)4)27-15-7-8-30(11-15)23(32)14-5-6-16(24)17(25)9-14/h5-6,9-10,12,15,21H,7-8,11H2,1-4H3,(H,26,27)(H,28,31)/t15-,21+/m1/s1. The Balaban J connectivity index is 1.49. The van der Waals surface area contributed by atoms with Gasteiger partial charge in [0.2, 0.25) is 5.91 Å². The Morgan fingerprint density at radius 3 is 2.69 bits per heavy atom. The molecule has 170 valence electrons. The van der Waals surface area contributed by atoms with Gasteiger partial charge in [-0.25, -0.2) is 13.8 Å². The van der Waals surface area contributed by atoms with Crippen molar-refractivity contribution in [3.8, 4) is 0 Å². The minimum absolute atomic E-state index is 0.0291. The number of hydrogen-bond acceptors (Lipinski definition) is 5. The highest BCUT2D eigenvalue weighted by Crippen LogP contribution is 2.37. The van der Waals surface area contributed by atoms with Gasteiger partial charge in [-0.3, -0.25) is 9.59 Å². The van der Waals surface area contributed by atoms with E-state index in [1.54, 1.807) is 4.90 Å². The number of halogens is 2. The normalized spacial score (nSPS) is 20.4. The molecule has 1 saturated heterocycles. The minimum Gasteiger partial charge on any atom is -0.365 e. The lowest BCUT2D eigenvalue weighted by Gasteiger charge is -2.38.